The third-order valence-electron chi connectivity index (χ3n) is 4.15. The van der Waals surface area contributed by atoms with Gasteiger partial charge in [0.15, 0.2) is 5.75 Å². The maximum atomic E-state index is 13.0. The number of thioether (sulfide) groups is 1. The van der Waals surface area contributed by atoms with E-state index in [0.29, 0.717) is 29.5 Å². The number of benzene rings is 1. The van der Waals surface area contributed by atoms with Gasteiger partial charge in [-0.2, -0.15) is 11.8 Å². The van der Waals surface area contributed by atoms with Crippen molar-refractivity contribution in [1.82, 2.24) is 10.3 Å². The van der Waals surface area contributed by atoms with E-state index in [0.717, 1.165) is 18.1 Å². The fraction of sp³-hybridized carbons (Fsp3) is 0.333. The second kappa shape index (κ2) is 7.66. The summed E-state index contributed by atoms with van der Waals surface area (Å²) >= 11 is 1.88. The first-order valence-electron chi connectivity index (χ1n) is 7.84. The zero-order valence-electron chi connectivity index (χ0n) is 13.4. The van der Waals surface area contributed by atoms with Gasteiger partial charge in [-0.3, -0.25) is 9.78 Å². The molecule has 1 heterocycles. The van der Waals surface area contributed by atoms with Gasteiger partial charge in [0.25, 0.3) is 5.91 Å². The molecule has 0 saturated heterocycles. The van der Waals surface area contributed by atoms with Gasteiger partial charge in [0.2, 0.25) is 0 Å². The maximum absolute atomic E-state index is 13.0. The van der Waals surface area contributed by atoms with Crippen molar-refractivity contribution in [3.8, 4) is 11.5 Å². The van der Waals surface area contributed by atoms with Crippen LogP contribution in [0.4, 0.5) is 4.39 Å². The molecule has 1 amide bonds. The molecule has 0 spiro atoms. The molecular formula is C18H19FN2O2S. The molecule has 3 rings (SSSR count). The van der Waals surface area contributed by atoms with Crippen molar-refractivity contribution in [2.75, 3.05) is 12.8 Å². The molecular weight excluding hydrogens is 327 g/mol. The van der Waals surface area contributed by atoms with Crippen molar-refractivity contribution in [3.63, 3.8) is 0 Å². The number of hydrogen-bond acceptors (Lipinski definition) is 4. The lowest BCUT2D eigenvalue weighted by molar-refractivity contribution is 0.0937. The van der Waals surface area contributed by atoms with E-state index in [4.69, 9.17) is 4.74 Å². The molecule has 1 aliphatic rings. The molecule has 24 heavy (non-hydrogen) atoms. The van der Waals surface area contributed by atoms with E-state index >= 15 is 0 Å². The van der Waals surface area contributed by atoms with Gasteiger partial charge in [-0.1, -0.05) is 0 Å². The van der Waals surface area contributed by atoms with Crippen molar-refractivity contribution < 1.29 is 13.9 Å². The SMILES string of the molecule is CSC1CC(CNC(=O)c2ccncc2Oc2ccc(F)cc2)C1. The van der Waals surface area contributed by atoms with E-state index in [-0.39, 0.29) is 11.7 Å². The van der Waals surface area contributed by atoms with Gasteiger partial charge in [0, 0.05) is 18.0 Å². The number of carbonyl (C=O) groups excluding carboxylic acids is 1. The number of carbonyl (C=O) groups is 1. The summed E-state index contributed by atoms with van der Waals surface area (Å²) in [5, 5.41) is 3.69. The van der Waals surface area contributed by atoms with Gasteiger partial charge >= 0.3 is 0 Å². The van der Waals surface area contributed by atoms with Gasteiger partial charge < -0.3 is 10.1 Å². The summed E-state index contributed by atoms with van der Waals surface area (Å²) in [6, 6.07) is 7.27. The topological polar surface area (TPSA) is 51.2 Å². The number of nitrogens with zero attached hydrogens (tertiary/aromatic N) is 1. The molecule has 1 saturated carbocycles. The highest BCUT2D eigenvalue weighted by atomic mass is 32.2. The van der Waals surface area contributed by atoms with Gasteiger partial charge in [0.05, 0.1) is 11.8 Å². The number of halogens is 1. The van der Waals surface area contributed by atoms with E-state index in [1.807, 2.05) is 11.8 Å². The Balaban J connectivity index is 1.62. The maximum Gasteiger partial charge on any atom is 0.255 e. The number of amides is 1. The molecule has 6 heteroatoms. The van der Waals surface area contributed by atoms with Crippen LogP contribution >= 0.6 is 11.8 Å². The Kier molecular flexibility index (Phi) is 5.35. The lowest BCUT2D eigenvalue weighted by Gasteiger charge is -2.34. The Morgan fingerprint density at radius 1 is 1.33 bits per heavy atom. The Bertz CT molecular complexity index is 702. The predicted octanol–water partition coefficient (Wildman–Crippen LogP) is 3.88. The zero-order valence-corrected chi connectivity index (χ0v) is 14.2. The normalized spacial score (nSPS) is 19.4. The summed E-state index contributed by atoms with van der Waals surface area (Å²) in [5.74, 6) is 0.852. The van der Waals surface area contributed by atoms with Crippen LogP contribution in [0.15, 0.2) is 42.7 Å². The Morgan fingerprint density at radius 3 is 2.79 bits per heavy atom. The first kappa shape index (κ1) is 16.8. The summed E-state index contributed by atoms with van der Waals surface area (Å²) in [6.07, 6.45) is 7.47. The van der Waals surface area contributed by atoms with Crippen molar-refractivity contribution >= 4 is 17.7 Å². The molecule has 1 aliphatic carbocycles. The van der Waals surface area contributed by atoms with Crippen LogP contribution in [-0.4, -0.2) is 28.9 Å². The van der Waals surface area contributed by atoms with Crippen LogP contribution in [0.2, 0.25) is 0 Å². The van der Waals surface area contributed by atoms with E-state index in [1.165, 1.54) is 30.5 Å². The van der Waals surface area contributed by atoms with Crippen LogP contribution < -0.4 is 10.1 Å². The third-order valence-corrected chi connectivity index (χ3v) is 5.20. The van der Waals surface area contributed by atoms with Gasteiger partial charge in [-0.15, -0.1) is 0 Å². The number of pyridine rings is 1. The molecule has 0 aliphatic heterocycles. The number of hydrogen-bond donors (Lipinski definition) is 1. The minimum absolute atomic E-state index is 0.179. The van der Waals surface area contributed by atoms with Gasteiger partial charge in [-0.05, 0) is 55.3 Å². The Morgan fingerprint density at radius 2 is 2.08 bits per heavy atom. The first-order chi connectivity index (χ1) is 11.7. The van der Waals surface area contributed by atoms with E-state index < -0.39 is 0 Å². The second-order valence-electron chi connectivity index (χ2n) is 5.83. The quantitative estimate of drug-likeness (QED) is 0.862. The number of rotatable bonds is 6. The van der Waals surface area contributed by atoms with Crippen LogP contribution in [0.1, 0.15) is 23.2 Å². The summed E-state index contributed by atoms with van der Waals surface area (Å²) < 4.78 is 18.6. The van der Waals surface area contributed by atoms with Gasteiger partial charge in [-0.25, -0.2) is 4.39 Å². The Hall–Kier alpha value is -2.08. The molecule has 0 bridgehead atoms. The van der Waals surface area contributed by atoms with Crippen LogP contribution in [0.3, 0.4) is 0 Å². The fourth-order valence-corrected chi connectivity index (χ4v) is 3.57. The van der Waals surface area contributed by atoms with Crippen LogP contribution in [0.25, 0.3) is 0 Å². The smallest absolute Gasteiger partial charge is 0.255 e. The van der Waals surface area contributed by atoms with E-state index in [9.17, 15) is 9.18 Å². The summed E-state index contributed by atoms with van der Waals surface area (Å²) in [5.41, 5.74) is 0.426. The molecule has 0 unspecified atom stereocenters. The fourth-order valence-electron chi connectivity index (χ4n) is 2.64. The van der Waals surface area contributed by atoms with Gasteiger partial charge in [0.1, 0.15) is 11.6 Å². The van der Waals surface area contributed by atoms with Crippen molar-refractivity contribution in [1.29, 1.82) is 0 Å². The highest BCUT2D eigenvalue weighted by Crippen LogP contribution is 2.35. The first-order valence-corrected chi connectivity index (χ1v) is 9.13. The molecule has 4 nitrogen and oxygen atoms in total. The number of nitrogens with one attached hydrogen (secondary N) is 1. The number of ether oxygens (including phenoxy) is 1. The number of aromatic nitrogens is 1. The Labute approximate surface area is 144 Å². The lowest BCUT2D eigenvalue weighted by atomic mass is 9.85. The molecule has 1 aromatic carbocycles. The average Bonchev–Trinajstić information content (AvgIpc) is 2.56. The summed E-state index contributed by atoms with van der Waals surface area (Å²) in [7, 11) is 0. The largest absolute Gasteiger partial charge is 0.455 e. The molecule has 2 aromatic rings. The third kappa shape index (κ3) is 4.06. The summed E-state index contributed by atoms with van der Waals surface area (Å²) in [6.45, 7) is 0.675. The standard InChI is InChI=1S/C18H19FN2O2S/c1-24-15-8-12(9-15)10-21-18(22)16-6-7-20-11-17(16)23-14-4-2-13(19)3-5-14/h2-7,11-12,15H,8-10H2,1H3,(H,21,22). The summed E-state index contributed by atoms with van der Waals surface area (Å²) in [4.78, 5) is 16.4. The zero-order chi connectivity index (χ0) is 16.9. The lowest BCUT2D eigenvalue weighted by Crippen LogP contribution is -2.37. The minimum Gasteiger partial charge on any atom is -0.455 e. The predicted molar refractivity (Wildman–Crippen MR) is 93.1 cm³/mol. The average molecular weight is 346 g/mol. The van der Waals surface area contributed by atoms with Crippen LogP contribution in [-0.2, 0) is 0 Å². The highest BCUT2D eigenvalue weighted by molar-refractivity contribution is 7.99. The van der Waals surface area contributed by atoms with Crippen molar-refractivity contribution in [2.45, 2.75) is 18.1 Å². The second-order valence-corrected chi connectivity index (χ2v) is 6.97. The van der Waals surface area contributed by atoms with Crippen LogP contribution in [0.5, 0.6) is 11.5 Å². The van der Waals surface area contributed by atoms with Crippen LogP contribution in [0, 0.1) is 11.7 Å². The molecule has 1 fully saturated rings. The van der Waals surface area contributed by atoms with E-state index in [1.54, 1.807) is 12.3 Å². The molecule has 126 valence electrons. The minimum atomic E-state index is -0.337. The molecule has 1 N–H and O–H groups in total. The molecule has 1 aromatic heterocycles. The monoisotopic (exact) mass is 346 g/mol. The van der Waals surface area contributed by atoms with Crippen molar-refractivity contribution in [3.05, 3.63) is 54.1 Å². The highest BCUT2D eigenvalue weighted by Gasteiger charge is 2.28. The van der Waals surface area contributed by atoms with E-state index in [2.05, 4.69) is 16.6 Å². The molecule has 0 radical (unpaired) electrons. The van der Waals surface area contributed by atoms with Crippen molar-refractivity contribution in [2.24, 2.45) is 5.92 Å². The molecule has 0 atom stereocenters.